The Morgan fingerprint density at radius 3 is 1.98 bits per heavy atom. The molecule has 0 fully saturated rings. The predicted octanol–water partition coefficient (Wildman–Crippen LogP) is 4.14. The van der Waals surface area contributed by atoms with E-state index in [0.29, 0.717) is 17.8 Å². The summed E-state index contributed by atoms with van der Waals surface area (Å²) >= 11 is 0. The number of alkyl halides is 6. The molecule has 64 heavy (non-hydrogen) atoms. The van der Waals surface area contributed by atoms with Crippen molar-refractivity contribution in [2.24, 2.45) is 17.6 Å². The number of likely N-dealkylation sites (N-methyl/N-ethyl adjacent to an activating group) is 1. The zero-order chi connectivity index (χ0) is 48.3. The van der Waals surface area contributed by atoms with Crippen LogP contribution in [0.5, 0.6) is 5.75 Å². The molecule has 0 aliphatic heterocycles. The van der Waals surface area contributed by atoms with Crippen molar-refractivity contribution >= 4 is 46.8 Å². The number of carbonyl (C=O) groups excluding carboxylic acids is 6. The van der Waals surface area contributed by atoms with Crippen LogP contribution in [0.4, 0.5) is 42.5 Å². The molecule has 17 nitrogen and oxygen atoms in total. The number of aromatic hydroxyl groups is 1. The van der Waals surface area contributed by atoms with Gasteiger partial charge in [0.1, 0.15) is 23.6 Å². The Bertz CT molecular complexity index is 2350. The number of allylic oxidation sites excluding steroid dienone is 1. The van der Waals surface area contributed by atoms with Crippen molar-refractivity contribution in [3.63, 3.8) is 0 Å². The van der Waals surface area contributed by atoms with Gasteiger partial charge in [-0.3, -0.25) is 33.8 Å². The van der Waals surface area contributed by atoms with E-state index >= 15 is 0 Å². The fraction of sp³-hybridized carbons (Fsp3) is 0.463. The van der Waals surface area contributed by atoms with Gasteiger partial charge in [-0.15, -0.1) is 0 Å². The van der Waals surface area contributed by atoms with Gasteiger partial charge in [-0.1, -0.05) is 0 Å². The molecule has 2 aromatic rings. The number of phenols is 1. The third-order valence-electron chi connectivity index (χ3n) is 11.2. The van der Waals surface area contributed by atoms with E-state index in [2.05, 4.69) is 5.32 Å². The number of nitrogens with one attached hydrogen (secondary N) is 1. The van der Waals surface area contributed by atoms with Gasteiger partial charge in [0, 0.05) is 36.8 Å². The molecule has 3 aliphatic carbocycles. The molecule has 23 heteroatoms. The van der Waals surface area contributed by atoms with Crippen LogP contribution in [0, 0.1) is 11.8 Å². The van der Waals surface area contributed by atoms with Crippen molar-refractivity contribution in [3.05, 3.63) is 74.7 Å². The maximum atomic E-state index is 14.4. The number of Topliss-reactive ketones (excluding diaryl/α,β-unsaturated/α-hetero) is 2. The highest BCUT2D eigenvalue weighted by Crippen LogP contribution is 2.54. The number of carbonyl (C=O) groups is 6. The number of ether oxygens (including phenoxy) is 2. The molecular formula is C41H45F6N5O12. The Balaban J connectivity index is 1.37. The zero-order valence-corrected chi connectivity index (χ0v) is 35.3. The second-order valence-electron chi connectivity index (χ2n) is 16.9. The lowest BCUT2D eigenvalue weighted by atomic mass is 9.58. The van der Waals surface area contributed by atoms with E-state index in [0.717, 1.165) is 4.90 Å². The summed E-state index contributed by atoms with van der Waals surface area (Å²) in [4.78, 5) is 83.3. The Kier molecular flexibility index (Phi) is 12.9. The molecular weight excluding hydrogens is 868 g/mol. The highest BCUT2D eigenvalue weighted by Gasteiger charge is 2.63. The smallest absolute Gasteiger partial charge is 0.416 e. The average molecular weight is 914 g/mol. The van der Waals surface area contributed by atoms with Crippen LogP contribution < -0.4 is 16.0 Å². The predicted molar refractivity (Wildman–Crippen MR) is 211 cm³/mol. The summed E-state index contributed by atoms with van der Waals surface area (Å²) in [5, 5.41) is 48.6. The van der Waals surface area contributed by atoms with Gasteiger partial charge in [0.05, 0.1) is 34.8 Å². The summed E-state index contributed by atoms with van der Waals surface area (Å²) in [6, 6.07) is 0.669. The van der Waals surface area contributed by atoms with Gasteiger partial charge in [0.25, 0.3) is 5.91 Å². The van der Waals surface area contributed by atoms with E-state index in [-0.39, 0.29) is 30.2 Å². The minimum absolute atomic E-state index is 0.0629. The zero-order valence-electron chi connectivity index (χ0n) is 35.3. The number of halogens is 6. The first-order valence-corrected chi connectivity index (χ1v) is 19.2. The molecule has 0 unspecified atom stereocenters. The van der Waals surface area contributed by atoms with Crippen LogP contribution in [0.2, 0.25) is 0 Å². The second-order valence-corrected chi connectivity index (χ2v) is 16.9. The first kappa shape index (κ1) is 48.7. The van der Waals surface area contributed by atoms with Crippen molar-refractivity contribution in [2.45, 2.75) is 69.6 Å². The lowest BCUT2D eigenvalue weighted by Crippen LogP contribution is -2.63. The number of ketones is 2. The van der Waals surface area contributed by atoms with Crippen LogP contribution in [0.25, 0.3) is 0 Å². The van der Waals surface area contributed by atoms with Crippen LogP contribution >= 0.6 is 0 Å². The highest BCUT2D eigenvalue weighted by atomic mass is 19.4. The second kappa shape index (κ2) is 17.0. The molecule has 0 radical (unpaired) electrons. The maximum Gasteiger partial charge on any atom is 0.416 e. The number of anilines is 2. The molecule has 0 bridgehead atoms. The molecule has 3 aliphatic rings. The third kappa shape index (κ3) is 9.03. The SMILES string of the molecule is CN(C)c1cc(NC(=O)CN(C(=O)OCOC(=O)Cc2cc(C(F)(F)F)cc(C(F)(F)F)c2)C(C)(C)C)c(O)c2c1C[C@H]1C[C@H]3[C@H](N(C)C)C(O)=C(C(N)=O)C(=O)[C@@]3(O)C(O)=C1C2=O. The fourth-order valence-corrected chi connectivity index (χ4v) is 8.26. The van der Waals surface area contributed by atoms with Gasteiger partial charge in [-0.2, -0.15) is 26.3 Å². The van der Waals surface area contributed by atoms with Gasteiger partial charge in [-0.25, -0.2) is 4.79 Å². The van der Waals surface area contributed by atoms with Crippen LogP contribution in [0.1, 0.15) is 59.8 Å². The summed E-state index contributed by atoms with van der Waals surface area (Å²) in [5.74, 6) is -11.0. The number of aliphatic hydroxyl groups is 3. The number of esters is 1. The minimum Gasteiger partial charge on any atom is -0.510 e. The number of primary amides is 1. The molecule has 0 heterocycles. The van der Waals surface area contributed by atoms with Gasteiger partial charge < -0.3 is 45.9 Å². The Hall–Kier alpha value is -6.36. The summed E-state index contributed by atoms with van der Waals surface area (Å²) in [7, 11) is 6.16. The van der Waals surface area contributed by atoms with Gasteiger partial charge in [-0.05, 0) is 89.0 Å². The molecule has 0 saturated heterocycles. The van der Waals surface area contributed by atoms with Crippen molar-refractivity contribution < 1.29 is 85.0 Å². The van der Waals surface area contributed by atoms with Crippen LogP contribution in [-0.4, -0.2) is 124 Å². The van der Waals surface area contributed by atoms with Crippen molar-refractivity contribution in [1.82, 2.24) is 9.80 Å². The number of fused-ring (bicyclic) bond motifs is 3. The normalized spacial score (nSPS) is 21.2. The Morgan fingerprint density at radius 1 is 0.906 bits per heavy atom. The molecule has 4 atom stereocenters. The number of aliphatic hydroxyl groups excluding tert-OH is 2. The van der Waals surface area contributed by atoms with E-state index in [9.17, 15) is 75.5 Å². The first-order valence-electron chi connectivity index (χ1n) is 19.2. The van der Waals surface area contributed by atoms with Gasteiger partial charge in [0.15, 0.2) is 17.1 Å². The summed E-state index contributed by atoms with van der Waals surface area (Å²) < 4.78 is 89.2. The van der Waals surface area contributed by atoms with Crippen LogP contribution in [0.3, 0.4) is 0 Å². The Morgan fingerprint density at radius 2 is 1.48 bits per heavy atom. The van der Waals surface area contributed by atoms with Crippen molar-refractivity contribution in [1.29, 1.82) is 0 Å². The molecule has 3 amide bonds. The number of amides is 3. The average Bonchev–Trinajstić information content (AvgIpc) is 3.14. The largest absolute Gasteiger partial charge is 0.510 e. The van der Waals surface area contributed by atoms with Crippen LogP contribution in [0.15, 0.2) is 46.9 Å². The summed E-state index contributed by atoms with van der Waals surface area (Å²) in [5.41, 5.74) is -4.40. The minimum atomic E-state index is -5.17. The topological polar surface area (TPSA) is 250 Å². The number of nitrogens with zero attached hydrogens (tertiary/aromatic N) is 3. The van der Waals surface area contributed by atoms with E-state index in [1.165, 1.54) is 45.8 Å². The number of nitrogens with two attached hydrogens (primary N) is 1. The standard InChI is InChI=1S/C41H45F6N5O12/c1-38(2,3)52(37(61)64-16-63-26(54)10-17-8-19(40(42,43)44)13-20(9-17)41(45,46)47)15-25(53)49-23-14-24(50(4)5)21-11-18-12-22-30(51(6)7)33(57)29(36(48)60)35(59)39(22,62)34(58)27(18)32(56)28(21)31(23)55/h8-9,13-14,18,22,30,55,57-58,62H,10-12,15-16H2,1-7H3,(H2,48,60)(H,49,53)/t18-,22-,30-,39-/m0/s1. The summed E-state index contributed by atoms with van der Waals surface area (Å²) in [6.07, 6.45) is -12.9. The van der Waals surface area contributed by atoms with Crippen molar-refractivity contribution in [2.75, 3.05) is 51.7 Å². The molecule has 2 aromatic carbocycles. The van der Waals surface area contributed by atoms with Gasteiger partial charge >= 0.3 is 24.4 Å². The lowest BCUT2D eigenvalue weighted by Gasteiger charge is -2.50. The van der Waals surface area contributed by atoms with E-state index < -0.39 is 147 Å². The number of hydrogen-bond donors (Lipinski definition) is 6. The quantitative estimate of drug-likeness (QED) is 0.0645. The molecule has 0 aromatic heterocycles. The molecule has 0 saturated carbocycles. The monoisotopic (exact) mass is 913 g/mol. The first-order chi connectivity index (χ1) is 29.3. The molecule has 348 valence electrons. The lowest BCUT2D eigenvalue weighted by molar-refractivity contribution is -0.152. The van der Waals surface area contributed by atoms with Crippen LogP contribution in [-0.2, 0) is 53.8 Å². The summed E-state index contributed by atoms with van der Waals surface area (Å²) in [6.45, 7) is 2.43. The van der Waals surface area contributed by atoms with E-state index in [1.807, 2.05) is 0 Å². The van der Waals surface area contributed by atoms with E-state index in [4.69, 9.17) is 15.2 Å². The molecule has 7 N–H and O–H groups in total. The van der Waals surface area contributed by atoms with Crippen molar-refractivity contribution in [3.8, 4) is 5.75 Å². The number of rotatable bonds is 10. The molecule has 0 spiro atoms. The number of phenolic OH excluding ortho intramolecular Hbond substituents is 1. The van der Waals surface area contributed by atoms with Gasteiger partial charge in [0.2, 0.25) is 18.5 Å². The fourth-order valence-electron chi connectivity index (χ4n) is 8.26. The third-order valence-corrected chi connectivity index (χ3v) is 11.2. The molecule has 5 rings (SSSR count). The number of hydrogen-bond acceptors (Lipinski definition) is 14. The maximum absolute atomic E-state index is 14.4. The number of benzene rings is 2. The Labute approximate surface area is 360 Å². The highest BCUT2D eigenvalue weighted by molar-refractivity contribution is 6.25. The van der Waals surface area contributed by atoms with E-state index in [1.54, 1.807) is 19.0 Å².